The SMILES string of the molecule is CCOC(=O)C/C(C(=O)OCC)=C1/CCC(c2ccc(SC)cc2)(C(F)(F)F)O1. The average molecular weight is 432 g/mol. The molecule has 9 heteroatoms. The van der Waals surface area contributed by atoms with Crippen molar-refractivity contribution in [3.8, 4) is 0 Å². The monoisotopic (exact) mass is 432 g/mol. The first-order valence-electron chi connectivity index (χ1n) is 9.13. The Labute approximate surface area is 171 Å². The van der Waals surface area contributed by atoms with Crippen LogP contribution in [0.4, 0.5) is 13.2 Å². The predicted molar refractivity (Wildman–Crippen MR) is 101 cm³/mol. The molecule has 1 aliphatic rings. The molecule has 5 nitrogen and oxygen atoms in total. The maximum Gasteiger partial charge on any atom is 0.432 e. The summed E-state index contributed by atoms with van der Waals surface area (Å²) in [5.41, 5.74) is -2.89. The molecular formula is C20H23F3O5S. The number of rotatable bonds is 7. The van der Waals surface area contributed by atoms with E-state index in [0.29, 0.717) is 0 Å². The van der Waals surface area contributed by atoms with Gasteiger partial charge in [0.2, 0.25) is 5.60 Å². The Morgan fingerprint density at radius 1 is 1.14 bits per heavy atom. The van der Waals surface area contributed by atoms with Crippen molar-refractivity contribution in [2.75, 3.05) is 19.5 Å². The summed E-state index contributed by atoms with van der Waals surface area (Å²) in [5, 5.41) is 0. The molecule has 29 heavy (non-hydrogen) atoms. The molecular weight excluding hydrogens is 409 g/mol. The van der Waals surface area contributed by atoms with Gasteiger partial charge in [-0.2, -0.15) is 13.2 Å². The fraction of sp³-hybridized carbons (Fsp3) is 0.500. The van der Waals surface area contributed by atoms with Crippen LogP contribution >= 0.6 is 11.8 Å². The molecule has 1 heterocycles. The van der Waals surface area contributed by atoms with Gasteiger partial charge in [0, 0.05) is 23.3 Å². The van der Waals surface area contributed by atoms with Gasteiger partial charge in [-0.05, 0) is 32.2 Å². The summed E-state index contributed by atoms with van der Waals surface area (Å²) in [6.45, 7) is 3.25. The molecule has 1 unspecified atom stereocenters. The molecule has 1 atom stereocenters. The second kappa shape index (κ2) is 9.56. The normalized spacial score (nSPS) is 20.8. The van der Waals surface area contributed by atoms with E-state index in [9.17, 15) is 22.8 Å². The van der Waals surface area contributed by atoms with Crippen LogP contribution < -0.4 is 0 Å². The summed E-state index contributed by atoms with van der Waals surface area (Å²) in [5.74, 6) is -1.81. The van der Waals surface area contributed by atoms with Crippen LogP contribution in [-0.2, 0) is 29.4 Å². The van der Waals surface area contributed by atoms with E-state index in [0.717, 1.165) is 4.90 Å². The Morgan fingerprint density at radius 2 is 1.76 bits per heavy atom. The van der Waals surface area contributed by atoms with Crippen molar-refractivity contribution >= 4 is 23.7 Å². The van der Waals surface area contributed by atoms with E-state index in [4.69, 9.17) is 14.2 Å². The van der Waals surface area contributed by atoms with Crippen molar-refractivity contribution in [2.45, 2.75) is 49.8 Å². The van der Waals surface area contributed by atoms with Gasteiger partial charge in [0.05, 0.1) is 25.2 Å². The lowest BCUT2D eigenvalue weighted by Gasteiger charge is -2.32. The Morgan fingerprint density at radius 3 is 2.28 bits per heavy atom. The van der Waals surface area contributed by atoms with Crippen molar-refractivity contribution in [2.24, 2.45) is 0 Å². The largest absolute Gasteiger partial charge is 0.477 e. The van der Waals surface area contributed by atoms with Crippen molar-refractivity contribution in [3.63, 3.8) is 0 Å². The first-order valence-corrected chi connectivity index (χ1v) is 10.4. The summed E-state index contributed by atoms with van der Waals surface area (Å²) in [4.78, 5) is 25.0. The molecule has 0 amide bonds. The number of benzene rings is 1. The van der Waals surface area contributed by atoms with Gasteiger partial charge < -0.3 is 14.2 Å². The van der Waals surface area contributed by atoms with E-state index in [1.165, 1.54) is 23.9 Å². The number of alkyl halides is 3. The number of thioether (sulfide) groups is 1. The van der Waals surface area contributed by atoms with E-state index < -0.39 is 36.6 Å². The third kappa shape index (κ3) is 5.07. The number of hydrogen-bond donors (Lipinski definition) is 0. The molecule has 0 bridgehead atoms. The zero-order valence-electron chi connectivity index (χ0n) is 16.4. The standard InChI is InChI=1S/C20H23F3O5S/c1-4-26-17(24)12-15(18(25)27-5-2)16-10-11-19(28-16,20(21,22)23)13-6-8-14(29-3)9-7-13/h6-9H,4-5,10-12H2,1-3H3/b16-15+. The Kier molecular flexibility index (Phi) is 7.62. The number of esters is 2. The molecule has 1 aliphatic heterocycles. The molecule has 2 rings (SSSR count). The van der Waals surface area contributed by atoms with Crippen LogP contribution in [0.2, 0.25) is 0 Å². The van der Waals surface area contributed by atoms with E-state index in [-0.39, 0.29) is 36.5 Å². The van der Waals surface area contributed by atoms with Crippen LogP contribution in [0.3, 0.4) is 0 Å². The Balaban J connectivity index is 2.47. The molecule has 1 saturated heterocycles. The number of hydrogen-bond acceptors (Lipinski definition) is 6. The van der Waals surface area contributed by atoms with E-state index >= 15 is 0 Å². The van der Waals surface area contributed by atoms with Gasteiger partial charge in [0.15, 0.2) is 0 Å². The number of ether oxygens (including phenoxy) is 3. The minimum atomic E-state index is -4.72. The second-order valence-electron chi connectivity index (χ2n) is 6.26. The molecule has 0 aromatic heterocycles. The minimum absolute atomic E-state index is 0.0129. The highest BCUT2D eigenvalue weighted by atomic mass is 32.2. The maximum atomic E-state index is 14.1. The molecule has 0 spiro atoms. The van der Waals surface area contributed by atoms with Crippen LogP contribution in [0, 0.1) is 0 Å². The van der Waals surface area contributed by atoms with Crippen molar-refractivity contribution in [1.82, 2.24) is 0 Å². The maximum absolute atomic E-state index is 14.1. The number of carbonyl (C=O) groups excluding carboxylic acids is 2. The molecule has 0 radical (unpaired) electrons. The van der Waals surface area contributed by atoms with Crippen molar-refractivity contribution in [3.05, 3.63) is 41.2 Å². The molecule has 1 aromatic rings. The van der Waals surface area contributed by atoms with Gasteiger partial charge in [-0.25, -0.2) is 4.79 Å². The lowest BCUT2D eigenvalue weighted by atomic mass is 9.90. The summed E-state index contributed by atoms with van der Waals surface area (Å²) in [7, 11) is 0. The highest BCUT2D eigenvalue weighted by Crippen LogP contribution is 2.52. The van der Waals surface area contributed by atoms with Crippen LogP contribution in [0.5, 0.6) is 0 Å². The molecule has 0 saturated carbocycles. The van der Waals surface area contributed by atoms with Gasteiger partial charge in [-0.15, -0.1) is 11.8 Å². The van der Waals surface area contributed by atoms with E-state index in [1.807, 2.05) is 6.26 Å². The zero-order valence-corrected chi connectivity index (χ0v) is 17.2. The quantitative estimate of drug-likeness (QED) is 0.352. The van der Waals surface area contributed by atoms with Gasteiger partial charge in [0.1, 0.15) is 5.76 Å². The van der Waals surface area contributed by atoms with Gasteiger partial charge in [-0.3, -0.25) is 4.79 Å². The highest BCUT2D eigenvalue weighted by molar-refractivity contribution is 7.98. The Hall–Kier alpha value is -2.16. The first kappa shape index (κ1) is 23.1. The van der Waals surface area contributed by atoms with Crippen LogP contribution in [-0.4, -0.2) is 37.6 Å². The minimum Gasteiger partial charge on any atom is -0.477 e. The fourth-order valence-electron chi connectivity index (χ4n) is 3.10. The van der Waals surface area contributed by atoms with Gasteiger partial charge in [0.25, 0.3) is 0 Å². The smallest absolute Gasteiger partial charge is 0.432 e. The number of carbonyl (C=O) groups is 2. The third-order valence-electron chi connectivity index (χ3n) is 4.50. The van der Waals surface area contributed by atoms with Crippen LogP contribution in [0.1, 0.15) is 38.7 Å². The number of allylic oxidation sites excluding steroid dienone is 1. The molecule has 1 aromatic carbocycles. The van der Waals surface area contributed by atoms with Gasteiger partial charge >= 0.3 is 18.1 Å². The highest BCUT2D eigenvalue weighted by Gasteiger charge is 2.61. The topological polar surface area (TPSA) is 61.8 Å². The molecule has 1 fully saturated rings. The molecule has 160 valence electrons. The lowest BCUT2D eigenvalue weighted by Crippen LogP contribution is -2.41. The molecule has 0 aliphatic carbocycles. The fourth-order valence-corrected chi connectivity index (χ4v) is 3.51. The zero-order chi connectivity index (χ0) is 21.7. The van der Waals surface area contributed by atoms with E-state index in [2.05, 4.69) is 0 Å². The third-order valence-corrected chi connectivity index (χ3v) is 5.24. The summed E-state index contributed by atoms with van der Waals surface area (Å²) in [6, 6.07) is 5.92. The summed E-state index contributed by atoms with van der Waals surface area (Å²) in [6.07, 6.45) is -3.98. The second-order valence-corrected chi connectivity index (χ2v) is 7.14. The van der Waals surface area contributed by atoms with Crippen molar-refractivity contribution < 1.29 is 37.0 Å². The van der Waals surface area contributed by atoms with Crippen molar-refractivity contribution in [1.29, 1.82) is 0 Å². The average Bonchev–Trinajstić information content (AvgIpc) is 3.13. The number of halogens is 3. The Bertz CT molecular complexity index is 773. The molecule has 0 N–H and O–H groups in total. The van der Waals surface area contributed by atoms with E-state index in [1.54, 1.807) is 26.0 Å². The summed E-state index contributed by atoms with van der Waals surface area (Å²) < 4.78 is 57.4. The predicted octanol–water partition coefficient (Wildman–Crippen LogP) is 4.75. The first-order chi connectivity index (χ1) is 13.7. The lowest BCUT2D eigenvalue weighted by molar-refractivity contribution is -0.261. The van der Waals surface area contributed by atoms with Gasteiger partial charge in [-0.1, -0.05) is 12.1 Å². The van der Waals surface area contributed by atoms with Crippen LogP contribution in [0.15, 0.2) is 40.5 Å². The van der Waals surface area contributed by atoms with Crippen LogP contribution in [0.25, 0.3) is 0 Å². The summed E-state index contributed by atoms with van der Waals surface area (Å²) >= 11 is 1.41.